The van der Waals surface area contributed by atoms with E-state index >= 15 is 0 Å². The third kappa shape index (κ3) is 2.67. The summed E-state index contributed by atoms with van der Waals surface area (Å²) in [5.41, 5.74) is 3.01. The number of H-pyrrole nitrogens is 1. The molecule has 0 unspecified atom stereocenters. The number of nitrogens with one attached hydrogen (secondary N) is 1. The second-order valence-electron chi connectivity index (χ2n) is 4.54. The van der Waals surface area contributed by atoms with Crippen LogP contribution < -0.4 is 5.11 Å². The molecule has 4 nitrogen and oxygen atoms in total. The van der Waals surface area contributed by atoms with E-state index < -0.39 is 5.97 Å². The zero-order valence-corrected chi connectivity index (χ0v) is 10.8. The number of aromatic amines is 1. The minimum atomic E-state index is -1.25. The lowest BCUT2D eigenvalue weighted by atomic mass is 10.1. The first-order chi connectivity index (χ1) is 10.1. The van der Waals surface area contributed by atoms with Gasteiger partial charge < -0.3 is 9.90 Å². The molecule has 0 bridgehead atoms. The molecular formula is C16H10FN2O2-. The molecule has 0 atom stereocenters. The summed E-state index contributed by atoms with van der Waals surface area (Å²) < 4.78 is 13.0. The van der Waals surface area contributed by atoms with Gasteiger partial charge in [0.1, 0.15) is 5.82 Å². The zero-order valence-electron chi connectivity index (χ0n) is 10.8. The summed E-state index contributed by atoms with van der Waals surface area (Å²) in [5, 5.41) is 18.4. The largest absolute Gasteiger partial charge is 0.545 e. The molecule has 0 saturated carbocycles. The van der Waals surface area contributed by atoms with Crippen LogP contribution in [0, 0.1) is 5.82 Å². The van der Waals surface area contributed by atoms with Crippen LogP contribution in [0.1, 0.15) is 5.56 Å². The van der Waals surface area contributed by atoms with Crippen LogP contribution in [0.4, 0.5) is 4.39 Å². The quantitative estimate of drug-likeness (QED) is 0.748. The minimum Gasteiger partial charge on any atom is -0.545 e. The smallest absolute Gasteiger partial charge is 0.123 e. The van der Waals surface area contributed by atoms with Gasteiger partial charge in [0.25, 0.3) is 0 Å². The summed E-state index contributed by atoms with van der Waals surface area (Å²) in [4.78, 5) is 10.5. The molecule has 0 aliphatic carbocycles. The molecule has 1 heterocycles. The van der Waals surface area contributed by atoms with Gasteiger partial charge in [-0.15, -0.1) is 0 Å². The van der Waals surface area contributed by atoms with Gasteiger partial charge in [-0.25, -0.2) is 4.39 Å². The van der Waals surface area contributed by atoms with E-state index in [1.807, 2.05) is 12.1 Å². The monoisotopic (exact) mass is 281 g/mol. The maximum absolute atomic E-state index is 13.0. The van der Waals surface area contributed by atoms with Crippen LogP contribution in [0.2, 0.25) is 0 Å². The molecule has 5 heteroatoms. The highest BCUT2D eigenvalue weighted by Gasteiger charge is 2.08. The Bertz CT molecular complexity index is 835. The number of aromatic nitrogens is 2. The maximum atomic E-state index is 13.0. The molecule has 0 aliphatic heterocycles. The molecule has 0 radical (unpaired) electrons. The number of rotatable bonds is 3. The molecule has 2 aromatic carbocycles. The lowest BCUT2D eigenvalue weighted by Gasteiger charge is -1.99. The Kier molecular flexibility index (Phi) is 3.23. The van der Waals surface area contributed by atoms with Gasteiger partial charge in [0.05, 0.1) is 17.2 Å². The summed E-state index contributed by atoms with van der Waals surface area (Å²) >= 11 is 0. The van der Waals surface area contributed by atoms with Gasteiger partial charge in [-0.05, 0) is 48.0 Å². The van der Waals surface area contributed by atoms with Crippen LogP contribution in [0.5, 0.6) is 0 Å². The van der Waals surface area contributed by atoms with Gasteiger partial charge >= 0.3 is 0 Å². The van der Waals surface area contributed by atoms with Crippen molar-refractivity contribution in [3.05, 3.63) is 59.9 Å². The Labute approximate surface area is 119 Å². The van der Waals surface area contributed by atoms with E-state index in [-0.39, 0.29) is 5.82 Å². The van der Waals surface area contributed by atoms with Crippen molar-refractivity contribution >= 4 is 22.9 Å². The molecule has 21 heavy (non-hydrogen) atoms. The van der Waals surface area contributed by atoms with Crippen molar-refractivity contribution in [3.63, 3.8) is 0 Å². The molecule has 0 aliphatic rings. The van der Waals surface area contributed by atoms with Gasteiger partial charge in [-0.1, -0.05) is 12.1 Å². The lowest BCUT2D eigenvalue weighted by Crippen LogP contribution is -2.18. The fourth-order valence-corrected chi connectivity index (χ4v) is 2.13. The molecule has 3 rings (SSSR count). The first-order valence-electron chi connectivity index (χ1n) is 6.26. The van der Waals surface area contributed by atoms with Crippen LogP contribution in [-0.4, -0.2) is 16.2 Å². The molecular weight excluding hydrogens is 271 g/mol. The van der Waals surface area contributed by atoms with E-state index in [0.29, 0.717) is 5.69 Å². The van der Waals surface area contributed by atoms with Crippen molar-refractivity contribution in [1.29, 1.82) is 0 Å². The summed E-state index contributed by atoms with van der Waals surface area (Å²) in [6.45, 7) is 0. The summed E-state index contributed by atoms with van der Waals surface area (Å²) in [6, 6.07) is 11.4. The van der Waals surface area contributed by atoms with E-state index in [9.17, 15) is 14.3 Å². The van der Waals surface area contributed by atoms with Crippen molar-refractivity contribution in [2.24, 2.45) is 0 Å². The van der Waals surface area contributed by atoms with Crippen molar-refractivity contribution in [3.8, 4) is 11.3 Å². The third-order valence-corrected chi connectivity index (χ3v) is 3.12. The van der Waals surface area contributed by atoms with E-state index in [1.165, 1.54) is 18.2 Å². The standard InChI is InChI=1S/C16H11FN2O2/c17-12-5-3-11(4-6-12)16-13-9-10(2-8-15(20)21)1-7-14(13)18-19-16/h1-9H,(H,18,19)(H,20,21)/p-1/b8-2+. The van der Waals surface area contributed by atoms with Crippen LogP contribution in [0.25, 0.3) is 28.2 Å². The number of benzene rings is 2. The first-order valence-corrected chi connectivity index (χ1v) is 6.26. The van der Waals surface area contributed by atoms with E-state index in [0.717, 1.165) is 28.1 Å². The highest BCUT2D eigenvalue weighted by atomic mass is 19.1. The normalized spacial score (nSPS) is 11.3. The Balaban J connectivity index is 2.09. The first kappa shape index (κ1) is 13.1. The summed E-state index contributed by atoms with van der Waals surface area (Å²) in [6.07, 6.45) is 2.43. The lowest BCUT2D eigenvalue weighted by molar-refractivity contribution is -0.297. The number of carboxylic acids is 1. The molecule has 0 saturated heterocycles. The van der Waals surface area contributed by atoms with Crippen LogP contribution in [-0.2, 0) is 4.79 Å². The number of carbonyl (C=O) groups excluding carboxylic acids is 1. The molecule has 3 aromatic rings. The molecule has 0 fully saturated rings. The second kappa shape index (κ2) is 5.20. The van der Waals surface area contributed by atoms with Crippen LogP contribution in [0.15, 0.2) is 48.5 Å². The average molecular weight is 281 g/mol. The average Bonchev–Trinajstić information content (AvgIpc) is 2.89. The predicted molar refractivity (Wildman–Crippen MR) is 75.5 cm³/mol. The van der Waals surface area contributed by atoms with Crippen LogP contribution in [0.3, 0.4) is 0 Å². The fraction of sp³-hybridized carbons (Fsp3) is 0. The van der Waals surface area contributed by atoms with E-state index in [1.54, 1.807) is 18.2 Å². The van der Waals surface area contributed by atoms with Gasteiger partial charge in [0.2, 0.25) is 0 Å². The number of aliphatic carboxylic acids is 1. The van der Waals surface area contributed by atoms with Crippen LogP contribution >= 0.6 is 0 Å². The minimum absolute atomic E-state index is 0.309. The van der Waals surface area contributed by atoms with Crippen molar-refractivity contribution in [2.45, 2.75) is 0 Å². The number of carbonyl (C=O) groups is 1. The van der Waals surface area contributed by atoms with Crippen molar-refractivity contribution in [2.75, 3.05) is 0 Å². The SMILES string of the molecule is O=C([O-])/C=C/c1ccc2[nH]nc(-c3ccc(F)cc3)c2c1. The summed E-state index contributed by atoms with van der Waals surface area (Å²) in [5.74, 6) is -1.56. The topological polar surface area (TPSA) is 68.8 Å². The van der Waals surface area contributed by atoms with Gasteiger partial charge in [0, 0.05) is 10.9 Å². The highest BCUT2D eigenvalue weighted by Crippen LogP contribution is 2.27. The van der Waals surface area contributed by atoms with Gasteiger partial charge in [0.15, 0.2) is 0 Å². The predicted octanol–water partition coefficient (Wildman–Crippen LogP) is 2.13. The number of nitrogens with zero attached hydrogens (tertiary/aromatic N) is 1. The van der Waals surface area contributed by atoms with Gasteiger partial charge in [-0.3, -0.25) is 5.10 Å². The number of carboxylic acid groups (broad SMARTS) is 1. The zero-order chi connectivity index (χ0) is 14.8. The number of hydrogen-bond acceptors (Lipinski definition) is 3. The Morgan fingerprint density at radius 1 is 1.19 bits per heavy atom. The third-order valence-electron chi connectivity index (χ3n) is 3.12. The number of fused-ring (bicyclic) bond motifs is 1. The van der Waals surface area contributed by atoms with Crippen molar-refractivity contribution in [1.82, 2.24) is 10.2 Å². The Morgan fingerprint density at radius 3 is 2.67 bits per heavy atom. The van der Waals surface area contributed by atoms with Crippen molar-refractivity contribution < 1.29 is 14.3 Å². The highest BCUT2D eigenvalue weighted by molar-refractivity contribution is 5.94. The molecule has 0 spiro atoms. The van der Waals surface area contributed by atoms with E-state index in [2.05, 4.69) is 10.2 Å². The van der Waals surface area contributed by atoms with E-state index in [4.69, 9.17) is 0 Å². The Hall–Kier alpha value is -2.95. The number of hydrogen-bond donors (Lipinski definition) is 1. The molecule has 0 amide bonds. The fourth-order valence-electron chi connectivity index (χ4n) is 2.13. The number of halogens is 1. The maximum Gasteiger partial charge on any atom is 0.123 e. The van der Waals surface area contributed by atoms with Gasteiger partial charge in [-0.2, -0.15) is 5.10 Å². The Morgan fingerprint density at radius 2 is 1.95 bits per heavy atom. The molecule has 1 N–H and O–H groups in total. The molecule has 1 aromatic heterocycles. The summed E-state index contributed by atoms with van der Waals surface area (Å²) in [7, 11) is 0. The molecule has 104 valence electrons. The second-order valence-corrected chi connectivity index (χ2v) is 4.54.